The second-order valence-corrected chi connectivity index (χ2v) is 9.50. The summed E-state index contributed by atoms with van der Waals surface area (Å²) in [5.41, 5.74) is 2.53. The van der Waals surface area contributed by atoms with Crippen molar-refractivity contribution in [2.24, 2.45) is 0 Å². The molecule has 0 radical (unpaired) electrons. The van der Waals surface area contributed by atoms with Crippen molar-refractivity contribution in [1.82, 2.24) is 9.29 Å². The standard InChI is InChI=1S/C25H26N4O4S/c1-5-29(6-2)34(31,32)21-11-9-17(3)22(15-21)24(30)28-23-12-10-20(14-18(23)4)33-25-19(16-26)8-7-13-27-25/h7-15H,5-6H2,1-4H3,(H,28,30). The quantitative estimate of drug-likeness (QED) is 0.504. The first kappa shape index (κ1) is 24.9. The molecular formula is C25H26N4O4S. The molecule has 9 heteroatoms. The van der Waals surface area contributed by atoms with Gasteiger partial charge < -0.3 is 10.1 Å². The molecule has 0 aliphatic carbocycles. The molecule has 1 aromatic heterocycles. The molecule has 1 heterocycles. The highest BCUT2D eigenvalue weighted by atomic mass is 32.2. The van der Waals surface area contributed by atoms with Crippen LogP contribution in [0.5, 0.6) is 11.6 Å². The smallest absolute Gasteiger partial charge is 0.255 e. The number of carbonyl (C=O) groups is 1. The zero-order valence-electron chi connectivity index (χ0n) is 19.5. The van der Waals surface area contributed by atoms with E-state index >= 15 is 0 Å². The Morgan fingerprint density at radius 1 is 1.09 bits per heavy atom. The summed E-state index contributed by atoms with van der Waals surface area (Å²) >= 11 is 0. The Hall–Kier alpha value is -3.74. The number of pyridine rings is 1. The van der Waals surface area contributed by atoms with Gasteiger partial charge in [-0.1, -0.05) is 19.9 Å². The minimum Gasteiger partial charge on any atom is -0.438 e. The van der Waals surface area contributed by atoms with Crippen molar-refractivity contribution in [1.29, 1.82) is 5.26 Å². The molecule has 8 nitrogen and oxygen atoms in total. The summed E-state index contributed by atoms with van der Waals surface area (Å²) in [5, 5.41) is 12.0. The van der Waals surface area contributed by atoms with Crippen LogP contribution in [0.2, 0.25) is 0 Å². The Balaban J connectivity index is 1.84. The summed E-state index contributed by atoms with van der Waals surface area (Å²) in [4.78, 5) is 17.2. The Bertz CT molecular complexity index is 1360. The van der Waals surface area contributed by atoms with E-state index in [-0.39, 0.29) is 16.3 Å². The number of nitriles is 1. The van der Waals surface area contributed by atoms with Crippen LogP contribution in [-0.2, 0) is 10.0 Å². The molecule has 0 fully saturated rings. The lowest BCUT2D eigenvalue weighted by Crippen LogP contribution is -2.30. The van der Waals surface area contributed by atoms with E-state index in [4.69, 9.17) is 4.74 Å². The van der Waals surface area contributed by atoms with Gasteiger partial charge in [-0.25, -0.2) is 13.4 Å². The SMILES string of the molecule is CCN(CC)S(=O)(=O)c1ccc(C)c(C(=O)Nc2ccc(Oc3ncccc3C#N)cc2C)c1. The number of aromatic nitrogens is 1. The lowest BCUT2D eigenvalue weighted by Gasteiger charge is -2.19. The molecule has 176 valence electrons. The van der Waals surface area contributed by atoms with E-state index in [2.05, 4.69) is 10.3 Å². The number of nitrogens with zero attached hydrogens (tertiary/aromatic N) is 3. The van der Waals surface area contributed by atoms with Crippen LogP contribution in [0.3, 0.4) is 0 Å². The van der Waals surface area contributed by atoms with Crippen LogP contribution < -0.4 is 10.1 Å². The number of hydrogen-bond acceptors (Lipinski definition) is 6. The number of carbonyl (C=O) groups excluding carboxylic acids is 1. The Morgan fingerprint density at radius 2 is 1.82 bits per heavy atom. The lowest BCUT2D eigenvalue weighted by atomic mass is 10.1. The monoisotopic (exact) mass is 478 g/mol. The fourth-order valence-electron chi connectivity index (χ4n) is 3.42. The number of rotatable bonds is 8. The third-order valence-electron chi connectivity index (χ3n) is 5.35. The van der Waals surface area contributed by atoms with Gasteiger partial charge in [-0.15, -0.1) is 0 Å². The molecule has 0 saturated carbocycles. The minimum atomic E-state index is -3.69. The minimum absolute atomic E-state index is 0.0797. The fraction of sp³-hybridized carbons (Fsp3) is 0.240. The second kappa shape index (κ2) is 10.5. The highest BCUT2D eigenvalue weighted by Gasteiger charge is 2.23. The largest absolute Gasteiger partial charge is 0.438 e. The summed E-state index contributed by atoms with van der Waals surface area (Å²) in [6.45, 7) is 7.79. The number of aryl methyl sites for hydroxylation is 2. The Labute approximate surface area is 199 Å². The van der Waals surface area contributed by atoms with Gasteiger partial charge in [0.15, 0.2) is 0 Å². The van der Waals surface area contributed by atoms with Crippen molar-refractivity contribution >= 4 is 21.6 Å². The van der Waals surface area contributed by atoms with Gasteiger partial charge in [-0.2, -0.15) is 9.57 Å². The first-order valence-electron chi connectivity index (χ1n) is 10.8. The highest BCUT2D eigenvalue weighted by molar-refractivity contribution is 7.89. The number of sulfonamides is 1. The van der Waals surface area contributed by atoms with Crippen molar-refractivity contribution in [3.8, 4) is 17.7 Å². The molecule has 0 bridgehead atoms. The molecule has 34 heavy (non-hydrogen) atoms. The van der Waals surface area contributed by atoms with Crippen LogP contribution in [0, 0.1) is 25.2 Å². The number of anilines is 1. The van der Waals surface area contributed by atoms with Crippen LogP contribution in [-0.4, -0.2) is 36.7 Å². The molecule has 0 spiro atoms. The van der Waals surface area contributed by atoms with Gasteiger partial charge in [0.1, 0.15) is 17.4 Å². The average molecular weight is 479 g/mol. The maximum absolute atomic E-state index is 13.0. The molecule has 1 N–H and O–H groups in total. The third kappa shape index (κ3) is 5.25. The number of nitrogens with one attached hydrogen (secondary N) is 1. The number of ether oxygens (including phenoxy) is 1. The van der Waals surface area contributed by atoms with Gasteiger partial charge in [-0.3, -0.25) is 4.79 Å². The maximum Gasteiger partial charge on any atom is 0.255 e. The Kier molecular flexibility index (Phi) is 7.66. The van der Waals surface area contributed by atoms with Crippen molar-refractivity contribution in [3.05, 3.63) is 77.0 Å². The van der Waals surface area contributed by atoms with E-state index in [1.54, 1.807) is 64.1 Å². The lowest BCUT2D eigenvalue weighted by molar-refractivity contribution is 0.102. The third-order valence-corrected chi connectivity index (χ3v) is 7.39. The summed E-state index contributed by atoms with van der Waals surface area (Å²) in [6.07, 6.45) is 1.54. The van der Waals surface area contributed by atoms with Gasteiger partial charge in [-0.05, 0) is 67.4 Å². The summed E-state index contributed by atoms with van der Waals surface area (Å²) in [6, 6.07) is 14.9. The van der Waals surface area contributed by atoms with Gasteiger partial charge >= 0.3 is 0 Å². The predicted molar refractivity (Wildman–Crippen MR) is 129 cm³/mol. The Morgan fingerprint density at radius 3 is 2.47 bits per heavy atom. The van der Waals surface area contributed by atoms with Crippen LogP contribution in [0.25, 0.3) is 0 Å². The van der Waals surface area contributed by atoms with Crippen molar-refractivity contribution in [2.75, 3.05) is 18.4 Å². The van der Waals surface area contributed by atoms with E-state index < -0.39 is 15.9 Å². The van der Waals surface area contributed by atoms with Gasteiger partial charge in [0.05, 0.1) is 4.90 Å². The summed E-state index contributed by atoms with van der Waals surface area (Å²) < 4.78 is 32.8. The van der Waals surface area contributed by atoms with Gasteiger partial charge in [0.25, 0.3) is 5.91 Å². The van der Waals surface area contributed by atoms with Crippen LogP contribution in [0.1, 0.15) is 40.9 Å². The maximum atomic E-state index is 13.0. The van der Waals surface area contributed by atoms with Gasteiger partial charge in [0.2, 0.25) is 15.9 Å². The van der Waals surface area contributed by atoms with Crippen molar-refractivity contribution in [3.63, 3.8) is 0 Å². The van der Waals surface area contributed by atoms with Crippen molar-refractivity contribution in [2.45, 2.75) is 32.6 Å². The molecular weight excluding hydrogens is 452 g/mol. The van der Waals surface area contributed by atoms with Crippen molar-refractivity contribution < 1.29 is 17.9 Å². The zero-order valence-corrected chi connectivity index (χ0v) is 20.3. The first-order valence-corrected chi connectivity index (χ1v) is 12.2. The van der Waals surface area contributed by atoms with Crippen LogP contribution in [0.15, 0.2) is 59.6 Å². The zero-order chi connectivity index (χ0) is 24.9. The van der Waals surface area contributed by atoms with Gasteiger partial charge in [0, 0.05) is 30.5 Å². The average Bonchev–Trinajstić information content (AvgIpc) is 2.82. The molecule has 0 atom stereocenters. The van der Waals surface area contributed by atoms with E-state index in [9.17, 15) is 18.5 Å². The molecule has 3 aromatic rings. The number of benzene rings is 2. The first-order chi connectivity index (χ1) is 16.2. The topological polar surface area (TPSA) is 112 Å². The second-order valence-electron chi connectivity index (χ2n) is 7.57. The summed E-state index contributed by atoms with van der Waals surface area (Å²) in [5.74, 6) is 0.250. The molecule has 0 saturated heterocycles. The molecule has 1 amide bonds. The number of hydrogen-bond donors (Lipinski definition) is 1. The predicted octanol–water partition coefficient (Wildman–Crippen LogP) is 4.65. The van der Waals surface area contributed by atoms with E-state index in [0.29, 0.717) is 35.7 Å². The molecule has 2 aromatic carbocycles. The normalized spacial score (nSPS) is 11.2. The van der Waals surface area contributed by atoms with E-state index in [0.717, 1.165) is 5.56 Å². The molecule has 0 aliphatic heterocycles. The fourth-order valence-corrected chi connectivity index (χ4v) is 4.90. The van der Waals surface area contributed by atoms with Crippen LogP contribution in [0.4, 0.5) is 5.69 Å². The van der Waals surface area contributed by atoms with Crippen LogP contribution >= 0.6 is 0 Å². The molecule has 3 rings (SSSR count). The highest BCUT2D eigenvalue weighted by Crippen LogP contribution is 2.27. The van der Waals surface area contributed by atoms with E-state index in [1.807, 2.05) is 6.07 Å². The number of amides is 1. The molecule has 0 unspecified atom stereocenters. The molecule has 0 aliphatic rings. The summed E-state index contributed by atoms with van der Waals surface area (Å²) in [7, 11) is -3.69. The van der Waals surface area contributed by atoms with E-state index in [1.165, 1.54) is 22.6 Å².